The maximum absolute atomic E-state index is 13.3. The maximum Gasteiger partial charge on any atom is 0.238 e. The van der Waals surface area contributed by atoms with Gasteiger partial charge in [-0.3, -0.25) is 4.79 Å². The fourth-order valence-corrected chi connectivity index (χ4v) is 4.87. The zero-order valence-electron chi connectivity index (χ0n) is 16.7. The van der Waals surface area contributed by atoms with Crippen LogP contribution in [0.5, 0.6) is 5.75 Å². The molecule has 0 spiro atoms. The standard InChI is InChI=1S/C23H27N3O2S/c1-28-18-13-14-19-20(15-18)26-23(25-19)29-21(16-9-5-4-6-10-16)22(27)24-17-11-7-2-3-8-12-17/h4-6,9-10,13-15,17,21H,2-3,7-8,11-12H2,1H3,(H,24,27)(H,25,26)/t21-/m0/s1. The predicted molar refractivity (Wildman–Crippen MR) is 117 cm³/mol. The van der Waals surface area contributed by atoms with E-state index in [9.17, 15) is 4.79 Å². The number of aromatic nitrogens is 2. The average molecular weight is 410 g/mol. The highest BCUT2D eigenvalue weighted by Crippen LogP contribution is 2.35. The molecule has 0 radical (unpaired) electrons. The van der Waals surface area contributed by atoms with Crippen LogP contribution in [0.25, 0.3) is 11.0 Å². The van der Waals surface area contributed by atoms with Gasteiger partial charge in [0.25, 0.3) is 0 Å². The van der Waals surface area contributed by atoms with Gasteiger partial charge >= 0.3 is 0 Å². The number of H-pyrrole nitrogens is 1. The number of methoxy groups -OCH3 is 1. The van der Waals surface area contributed by atoms with Crippen LogP contribution in [-0.4, -0.2) is 29.0 Å². The minimum Gasteiger partial charge on any atom is -0.497 e. The van der Waals surface area contributed by atoms with Crippen LogP contribution in [0, 0.1) is 0 Å². The molecule has 1 amide bonds. The first-order chi connectivity index (χ1) is 14.2. The molecule has 1 aliphatic carbocycles. The van der Waals surface area contributed by atoms with Gasteiger partial charge in [0.1, 0.15) is 11.0 Å². The van der Waals surface area contributed by atoms with Crippen molar-refractivity contribution in [2.45, 2.75) is 55.0 Å². The summed E-state index contributed by atoms with van der Waals surface area (Å²) in [6.07, 6.45) is 7.07. The van der Waals surface area contributed by atoms with E-state index in [4.69, 9.17) is 4.74 Å². The number of imidazole rings is 1. The van der Waals surface area contributed by atoms with Gasteiger partial charge in [-0.15, -0.1) is 0 Å². The van der Waals surface area contributed by atoms with E-state index in [2.05, 4.69) is 15.3 Å². The molecule has 6 heteroatoms. The molecule has 29 heavy (non-hydrogen) atoms. The van der Waals surface area contributed by atoms with Crippen molar-refractivity contribution in [3.8, 4) is 5.75 Å². The van der Waals surface area contributed by atoms with E-state index in [1.54, 1.807) is 7.11 Å². The van der Waals surface area contributed by atoms with Crippen molar-refractivity contribution in [3.05, 3.63) is 54.1 Å². The zero-order chi connectivity index (χ0) is 20.1. The summed E-state index contributed by atoms with van der Waals surface area (Å²) in [4.78, 5) is 21.3. The molecule has 3 aromatic rings. The van der Waals surface area contributed by atoms with Crippen LogP contribution in [0.4, 0.5) is 0 Å². The maximum atomic E-state index is 13.3. The number of thioether (sulfide) groups is 1. The first kappa shape index (κ1) is 19.8. The number of aromatic amines is 1. The van der Waals surface area contributed by atoms with Gasteiger partial charge in [0.15, 0.2) is 5.16 Å². The number of hydrogen-bond donors (Lipinski definition) is 2. The summed E-state index contributed by atoms with van der Waals surface area (Å²) < 4.78 is 5.30. The SMILES string of the molecule is COc1ccc2nc(S[C@H](C(=O)NC3CCCCCC3)c3ccccc3)[nH]c2c1. The number of benzene rings is 2. The van der Waals surface area contributed by atoms with Gasteiger partial charge in [-0.1, -0.05) is 67.8 Å². The Balaban J connectivity index is 1.56. The molecule has 0 bridgehead atoms. The summed E-state index contributed by atoms with van der Waals surface area (Å²) in [6, 6.07) is 16.0. The topological polar surface area (TPSA) is 67.0 Å². The number of hydrogen-bond acceptors (Lipinski definition) is 4. The fraction of sp³-hybridized carbons (Fsp3) is 0.391. The van der Waals surface area contributed by atoms with Crippen molar-refractivity contribution in [3.63, 3.8) is 0 Å². The quantitative estimate of drug-likeness (QED) is 0.431. The van der Waals surface area contributed by atoms with E-state index in [-0.39, 0.29) is 17.2 Å². The molecule has 0 aliphatic heterocycles. The highest BCUT2D eigenvalue weighted by Gasteiger charge is 2.26. The van der Waals surface area contributed by atoms with E-state index >= 15 is 0 Å². The Morgan fingerprint density at radius 2 is 1.90 bits per heavy atom. The smallest absolute Gasteiger partial charge is 0.238 e. The predicted octanol–water partition coefficient (Wildman–Crippen LogP) is 5.24. The lowest BCUT2D eigenvalue weighted by atomic mass is 10.1. The Kier molecular flexibility index (Phi) is 6.39. The van der Waals surface area contributed by atoms with Gasteiger partial charge < -0.3 is 15.0 Å². The van der Waals surface area contributed by atoms with Crippen LogP contribution < -0.4 is 10.1 Å². The monoisotopic (exact) mass is 409 g/mol. The number of nitrogens with zero attached hydrogens (tertiary/aromatic N) is 1. The molecular formula is C23H27N3O2S. The number of amides is 1. The summed E-state index contributed by atoms with van der Waals surface area (Å²) in [5.41, 5.74) is 2.76. The van der Waals surface area contributed by atoms with E-state index < -0.39 is 0 Å². The number of fused-ring (bicyclic) bond motifs is 1. The van der Waals surface area contributed by atoms with Crippen LogP contribution in [0.2, 0.25) is 0 Å². The molecule has 1 aliphatic rings. The average Bonchev–Trinajstić information content (AvgIpc) is 2.98. The summed E-state index contributed by atoms with van der Waals surface area (Å²) >= 11 is 1.46. The largest absolute Gasteiger partial charge is 0.497 e. The molecule has 5 nitrogen and oxygen atoms in total. The lowest BCUT2D eigenvalue weighted by Crippen LogP contribution is -2.37. The van der Waals surface area contributed by atoms with Crippen LogP contribution in [0.3, 0.4) is 0 Å². The van der Waals surface area contributed by atoms with Crippen molar-refractivity contribution in [2.24, 2.45) is 0 Å². The fourth-order valence-electron chi connectivity index (χ4n) is 3.86. The molecule has 1 saturated carbocycles. The molecule has 2 aromatic carbocycles. The highest BCUT2D eigenvalue weighted by atomic mass is 32.2. The Hall–Kier alpha value is -2.47. The molecule has 1 heterocycles. The third-order valence-electron chi connectivity index (χ3n) is 5.44. The summed E-state index contributed by atoms with van der Waals surface area (Å²) in [7, 11) is 1.65. The first-order valence-corrected chi connectivity index (χ1v) is 11.2. The number of ether oxygens (including phenoxy) is 1. The molecule has 0 saturated heterocycles. The molecular weight excluding hydrogens is 382 g/mol. The molecule has 1 fully saturated rings. The Bertz CT molecular complexity index is 949. The first-order valence-electron chi connectivity index (χ1n) is 10.3. The second-order valence-electron chi connectivity index (χ2n) is 7.53. The minimum absolute atomic E-state index is 0.0612. The molecule has 4 rings (SSSR count). The van der Waals surface area contributed by atoms with Crippen molar-refractivity contribution < 1.29 is 9.53 Å². The normalized spacial score (nSPS) is 16.3. The van der Waals surface area contributed by atoms with Crippen LogP contribution in [0.15, 0.2) is 53.7 Å². The summed E-state index contributed by atoms with van der Waals surface area (Å²) in [5, 5.41) is 3.70. The molecule has 152 valence electrons. The van der Waals surface area contributed by atoms with Crippen LogP contribution >= 0.6 is 11.8 Å². The Labute approximate surface area is 175 Å². The third kappa shape index (κ3) is 4.93. The number of rotatable bonds is 6. The molecule has 2 N–H and O–H groups in total. The third-order valence-corrected chi connectivity index (χ3v) is 6.58. The van der Waals surface area contributed by atoms with Crippen molar-refractivity contribution in [1.29, 1.82) is 0 Å². The van der Waals surface area contributed by atoms with Crippen LogP contribution in [0.1, 0.15) is 49.3 Å². The lowest BCUT2D eigenvalue weighted by molar-refractivity contribution is -0.121. The zero-order valence-corrected chi connectivity index (χ0v) is 17.5. The van der Waals surface area contributed by atoms with E-state index in [0.29, 0.717) is 0 Å². The van der Waals surface area contributed by atoms with E-state index in [1.807, 2.05) is 48.5 Å². The summed E-state index contributed by atoms with van der Waals surface area (Å²) in [6.45, 7) is 0. The van der Waals surface area contributed by atoms with E-state index in [1.165, 1.54) is 37.4 Å². The van der Waals surface area contributed by atoms with Gasteiger partial charge in [-0.05, 0) is 30.5 Å². The van der Waals surface area contributed by atoms with Gasteiger partial charge in [-0.25, -0.2) is 4.98 Å². The van der Waals surface area contributed by atoms with Gasteiger partial charge in [0.05, 0.1) is 18.1 Å². The minimum atomic E-state index is -0.345. The lowest BCUT2D eigenvalue weighted by Gasteiger charge is -2.21. The molecule has 1 aromatic heterocycles. The van der Waals surface area contributed by atoms with Crippen molar-refractivity contribution >= 4 is 28.7 Å². The number of carbonyl (C=O) groups excluding carboxylic acids is 1. The van der Waals surface area contributed by atoms with Gasteiger partial charge in [0, 0.05) is 12.1 Å². The van der Waals surface area contributed by atoms with Crippen LogP contribution in [-0.2, 0) is 4.79 Å². The van der Waals surface area contributed by atoms with Crippen molar-refractivity contribution in [1.82, 2.24) is 15.3 Å². The Morgan fingerprint density at radius 3 is 2.62 bits per heavy atom. The molecule has 1 atom stereocenters. The van der Waals surface area contributed by atoms with Crippen molar-refractivity contribution in [2.75, 3.05) is 7.11 Å². The Morgan fingerprint density at radius 1 is 1.14 bits per heavy atom. The summed E-state index contributed by atoms with van der Waals surface area (Å²) in [5.74, 6) is 0.842. The number of carbonyl (C=O) groups is 1. The van der Waals surface area contributed by atoms with Gasteiger partial charge in [-0.2, -0.15) is 0 Å². The van der Waals surface area contributed by atoms with E-state index in [0.717, 1.165) is 40.3 Å². The van der Waals surface area contributed by atoms with Gasteiger partial charge in [0.2, 0.25) is 5.91 Å². The second-order valence-corrected chi connectivity index (χ2v) is 8.62. The highest BCUT2D eigenvalue weighted by molar-refractivity contribution is 8.00. The number of nitrogens with one attached hydrogen (secondary N) is 2. The molecule has 0 unspecified atom stereocenters. The second kappa shape index (κ2) is 9.35.